The quantitative estimate of drug-likeness (QED) is 0.441. The van der Waals surface area contributed by atoms with Crippen LogP contribution in [0.1, 0.15) is 45.9 Å². The number of hydrogen-bond donors (Lipinski definition) is 2. The first-order chi connectivity index (χ1) is 14.4. The summed E-state index contributed by atoms with van der Waals surface area (Å²) in [6.45, 7) is 8.42. The number of aliphatic hydroxyl groups is 1. The number of hydrogen-bond acceptors (Lipinski definition) is 5. The Hall–Kier alpha value is -1.73. The van der Waals surface area contributed by atoms with Crippen molar-refractivity contribution in [2.24, 2.45) is 5.92 Å². The van der Waals surface area contributed by atoms with Crippen molar-refractivity contribution in [3.05, 3.63) is 50.8 Å². The van der Waals surface area contributed by atoms with Crippen LogP contribution in [0.3, 0.4) is 0 Å². The summed E-state index contributed by atoms with van der Waals surface area (Å²) in [5.41, 5.74) is 1.70. The van der Waals surface area contributed by atoms with E-state index in [0.717, 1.165) is 41.8 Å². The maximum Gasteiger partial charge on any atom is 0.260 e. The molecule has 0 amide bonds. The van der Waals surface area contributed by atoms with Crippen LogP contribution in [0, 0.1) is 5.92 Å². The monoisotopic (exact) mass is 447 g/mol. The van der Waals surface area contributed by atoms with Gasteiger partial charge in [-0.3, -0.25) is 9.69 Å². The van der Waals surface area contributed by atoms with E-state index >= 15 is 0 Å². The van der Waals surface area contributed by atoms with Gasteiger partial charge in [0, 0.05) is 22.5 Å². The minimum Gasteiger partial charge on any atom is -0.392 e. The molecule has 2 N–H and O–H groups in total. The van der Waals surface area contributed by atoms with Crippen molar-refractivity contribution in [2.75, 3.05) is 13.1 Å². The minimum atomic E-state index is -0.365. The third-order valence-corrected chi connectivity index (χ3v) is 6.26. The lowest BCUT2D eigenvalue weighted by Crippen LogP contribution is -2.34. The number of halogens is 1. The van der Waals surface area contributed by atoms with E-state index in [1.807, 2.05) is 29.6 Å². The van der Waals surface area contributed by atoms with Crippen LogP contribution >= 0.6 is 22.9 Å². The molecule has 1 atom stereocenters. The van der Waals surface area contributed by atoms with E-state index in [2.05, 4.69) is 30.7 Å². The summed E-state index contributed by atoms with van der Waals surface area (Å²) in [7, 11) is 0. The summed E-state index contributed by atoms with van der Waals surface area (Å²) in [6.07, 6.45) is 2.39. The molecule has 0 spiro atoms. The molecule has 0 aliphatic rings. The number of H-pyrrole nitrogens is 1. The molecular weight excluding hydrogens is 418 g/mol. The molecule has 0 aliphatic heterocycles. The van der Waals surface area contributed by atoms with Gasteiger partial charge >= 0.3 is 0 Å². The van der Waals surface area contributed by atoms with E-state index in [0.29, 0.717) is 35.2 Å². The van der Waals surface area contributed by atoms with Gasteiger partial charge in [0.05, 0.1) is 18.0 Å². The molecule has 0 saturated carbocycles. The first-order valence-corrected chi connectivity index (χ1v) is 11.8. The molecule has 2 aromatic heterocycles. The lowest BCUT2D eigenvalue weighted by atomic mass is 10.1. The number of aliphatic hydroxyl groups excluding tert-OH is 1. The van der Waals surface area contributed by atoms with E-state index in [1.54, 1.807) is 0 Å². The third kappa shape index (κ3) is 5.91. The average molecular weight is 448 g/mol. The Morgan fingerprint density at radius 1 is 1.23 bits per heavy atom. The first-order valence-electron chi connectivity index (χ1n) is 10.5. The van der Waals surface area contributed by atoms with Crippen LogP contribution in [0.5, 0.6) is 0 Å². The van der Waals surface area contributed by atoms with E-state index in [-0.39, 0.29) is 11.7 Å². The van der Waals surface area contributed by atoms with Crippen LogP contribution in [0.25, 0.3) is 21.3 Å². The van der Waals surface area contributed by atoms with Crippen LogP contribution in [0.2, 0.25) is 5.02 Å². The highest BCUT2D eigenvalue weighted by atomic mass is 35.5. The Balaban J connectivity index is 1.86. The van der Waals surface area contributed by atoms with Gasteiger partial charge < -0.3 is 10.1 Å². The van der Waals surface area contributed by atoms with Crippen molar-refractivity contribution in [3.63, 3.8) is 0 Å². The van der Waals surface area contributed by atoms with Crippen LogP contribution in [0.15, 0.2) is 34.4 Å². The molecule has 0 bridgehead atoms. The minimum absolute atomic E-state index is 0.126. The van der Waals surface area contributed by atoms with Crippen molar-refractivity contribution in [2.45, 2.75) is 52.7 Å². The van der Waals surface area contributed by atoms with Gasteiger partial charge in [0.1, 0.15) is 10.7 Å². The van der Waals surface area contributed by atoms with Crippen molar-refractivity contribution < 1.29 is 5.11 Å². The summed E-state index contributed by atoms with van der Waals surface area (Å²) >= 11 is 7.47. The predicted molar refractivity (Wildman–Crippen MR) is 126 cm³/mol. The Morgan fingerprint density at radius 3 is 2.63 bits per heavy atom. The molecule has 0 saturated heterocycles. The largest absolute Gasteiger partial charge is 0.392 e. The van der Waals surface area contributed by atoms with Gasteiger partial charge in [0.25, 0.3) is 5.56 Å². The SMILES string of the molecule is CCCC(O)CN(CCC(C)C)Cc1nc2scc(-c3ccc(Cl)cc3)c2c(=O)[nH]1. The molecule has 1 aromatic carbocycles. The molecule has 3 aromatic rings. The number of fused-ring (bicyclic) bond motifs is 1. The molecule has 0 aliphatic carbocycles. The van der Waals surface area contributed by atoms with Crippen molar-refractivity contribution >= 4 is 33.2 Å². The molecule has 0 fully saturated rings. The van der Waals surface area contributed by atoms with E-state index in [9.17, 15) is 9.90 Å². The molecular formula is C23H30ClN3O2S. The first kappa shape index (κ1) is 22.9. The number of aromatic amines is 1. The molecule has 30 heavy (non-hydrogen) atoms. The lowest BCUT2D eigenvalue weighted by Gasteiger charge is -2.25. The van der Waals surface area contributed by atoms with Crippen LogP contribution in [-0.4, -0.2) is 39.2 Å². The zero-order valence-electron chi connectivity index (χ0n) is 17.8. The second-order valence-corrected chi connectivity index (χ2v) is 9.50. The maximum absolute atomic E-state index is 12.9. The molecule has 162 valence electrons. The van der Waals surface area contributed by atoms with Gasteiger partial charge in [-0.25, -0.2) is 4.98 Å². The fourth-order valence-electron chi connectivity index (χ4n) is 3.52. The van der Waals surface area contributed by atoms with Gasteiger partial charge in [-0.05, 0) is 43.0 Å². The Morgan fingerprint density at radius 2 is 1.97 bits per heavy atom. The molecule has 3 rings (SSSR count). The Labute approximate surface area is 186 Å². The molecule has 5 nitrogen and oxygen atoms in total. The molecule has 7 heteroatoms. The zero-order valence-corrected chi connectivity index (χ0v) is 19.4. The van der Waals surface area contributed by atoms with E-state index in [4.69, 9.17) is 16.6 Å². The van der Waals surface area contributed by atoms with Crippen LogP contribution < -0.4 is 5.56 Å². The Bertz CT molecular complexity index is 1010. The molecule has 2 heterocycles. The highest BCUT2D eigenvalue weighted by Gasteiger charge is 2.17. The average Bonchev–Trinajstić information content (AvgIpc) is 3.11. The molecule has 1 unspecified atom stereocenters. The number of benzene rings is 1. The van der Waals surface area contributed by atoms with Gasteiger partial charge in [0.15, 0.2) is 0 Å². The smallest absolute Gasteiger partial charge is 0.260 e. The molecule has 0 radical (unpaired) electrons. The van der Waals surface area contributed by atoms with Crippen molar-refractivity contribution in [1.82, 2.24) is 14.9 Å². The predicted octanol–water partition coefficient (Wildman–Crippen LogP) is 5.31. The topological polar surface area (TPSA) is 69.2 Å². The summed E-state index contributed by atoms with van der Waals surface area (Å²) in [5.74, 6) is 1.22. The summed E-state index contributed by atoms with van der Waals surface area (Å²) < 4.78 is 0. The second kappa shape index (κ2) is 10.5. The number of thiophene rings is 1. The second-order valence-electron chi connectivity index (χ2n) is 8.21. The summed E-state index contributed by atoms with van der Waals surface area (Å²) in [6, 6.07) is 7.48. The van der Waals surface area contributed by atoms with Crippen LogP contribution in [0.4, 0.5) is 0 Å². The van der Waals surface area contributed by atoms with Gasteiger partial charge in [0.2, 0.25) is 0 Å². The van der Waals surface area contributed by atoms with E-state index < -0.39 is 0 Å². The normalized spacial score (nSPS) is 12.9. The number of aromatic nitrogens is 2. The van der Waals surface area contributed by atoms with Crippen molar-refractivity contribution in [3.8, 4) is 11.1 Å². The van der Waals surface area contributed by atoms with Crippen LogP contribution in [-0.2, 0) is 6.54 Å². The number of rotatable bonds is 10. The fraction of sp³-hybridized carbons (Fsp3) is 0.478. The van der Waals surface area contributed by atoms with Gasteiger partial charge in [-0.1, -0.05) is 50.9 Å². The lowest BCUT2D eigenvalue weighted by molar-refractivity contribution is 0.0968. The highest BCUT2D eigenvalue weighted by Crippen LogP contribution is 2.31. The third-order valence-electron chi connectivity index (χ3n) is 5.14. The summed E-state index contributed by atoms with van der Waals surface area (Å²) in [5, 5.41) is 13.6. The number of nitrogens with zero attached hydrogens (tertiary/aromatic N) is 2. The van der Waals surface area contributed by atoms with Gasteiger partial charge in [-0.2, -0.15) is 0 Å². The standard InChI is InChI=1S/C23H30ClN3O2S/c1-4-5-18(28)12-27(11-10-15(2)3)13-20-25-22(29)21-19(14-30-23(21)26-20)16-6-8-17(24)9-7-16/h6-9,14-15,18,28H,4-5,10-13H2,1-3H3,(H,25,26,29). The van der Waals surface area contributed by atoms with E-state index in [1.165, 1.54) is 11.3 Å². The summed E-state index contributed by atoms with van der Waals surface area (Å²) in [4.78, 5) is 23.5. The fourth-order valence-corrected chi connectivity index (χ4v) is 4.61. The van der Waals surface area contributed by atoms with Crippen molar-refractivity contribution in [1.29, 1.82) is 0 Å². The highest BCUT2D eigenvalue weighted by molar-refractivity contribution is 7.17. The van der Waals surface area contributed by atoms with Gasteiger partial charge in [-0.15, -0.1) is 11.3 Å². The maximum atomic E-state index is 12.9. The number of nitrogens with one attached hydrogen (secondary N) is 1. The zero-order chi connectivity index (χ0) is 21.7. The Kier molecular flexibility index (Phi) is 8.06.